The molecule has 0 spiro atoms. The third kappa shape index (κ3) is 3.81. The number of aryl methyl sites for hydroxylation is 3. The first-order valence-corrected chi connectivity index (χ1v) is 8.87. The number of rotatable bonds is 4. The van der Waals surface area contributed by atoms with Crippen LogP contribution in [0.1, 0.15) is 16.7 Å². The van der Waals surface area contributed by atoms with Crippen LogP contribution >= 0.6 is 11.6 Å². The Kier molecular flexibility index (Phi) is 5.14. The summed E-state index contributed by atoms with van der Waals surface area (Å²) in [7, 11) is 1.84. The fourth-order valence-corrected chi connectivity index (χ4v) is 3.45. The summed E-state index contributed by atoms with van der Waals surface area (Å²) in [6.07, 6.45) is 0. The van der Waals surface area contributed by atoms with Crippen molar-refractivity contribution in [1.82, 2.24) is 4.98 Å². The van der Waals surface area contributed by atoms with E-state index in [1.807, 2.05) is 51.2 Å². The first-order valence-electron chi connectivity index (χ1n) is 8.49. The van der Waals surface area contributed by atoms with Crippen molar-refractivity contribution in [3.05, 3.63) is 64.3 Å². The van der Waals surface area contributed by atoms with E-state index in [1.165, 1.54) is 5.56 Å². The van der Waals surface area contributed by atoms with Crippen molar-refractivity contribution >= 4 is 39.8 Å². The van der Waals surface area contributed by atoms with Crippen molar-refractivity contribution in [2.75, 3.05) is 23.8 Å². The van der Waals surface area contributed by atoms with E-state index in [0.717, 1.165) is 27.6 Å². The van der Waals surface area contributed by atoms with Crippen LogP contribution in [0, 0.1) is 20.8 Å². The van der Waals surface area contributed by atoms with Crippen LogP contribution in [0.25, 0.3) is 10.8 Å². The number of likely N-dealkylation sites (N-methyl/N-ethyl adjacent to an activating group) is 1. The Morgan fingerprint density at radius 3 is 2.46 bits per heavy atom. The maximum atomic E-state index is 12.5. The average Bonchev–Trinajstić information content (AvgIpc) is 2.58. The molecule has 0 aliphatic rings. The summed E-state index contributed by atoms with van der Waals surface area (Å²) in [4.78, 5) is 18.7. The molecule has 0 radical (unpaired) electrons. The number of nitrogens with zero attached hydrogens (tertiary/aromatic N) is 2. The molecule has 3 rings (SSSR count). The minimum atomic E-state index is -0.0892. The molecule has 0 unspecified atom stereocenters. The summed E-state index contributed by atoms with van der Waals surface area (Å²) in [6, 6.07) is 13.9. The van der Waals surface area contributed by atoms with Gasteiger partial charge in [0.2, 0.25) is 5.91 Å². The fraction of sp³-hybridized carbons (Fsp3) is 0.238. The lowest BCUT2D eigenvalue weighted by Gasteiger charge is -2.20. The summed E-state index contributed by atoms with van der Waals surface area (Å²) in [5.41, 5.74) is 4.18. The zero-order chi connectivity index (χ0) is 18.8. The average molecular weight is 368 g/mol. The van der Waals surface area contributed by atoms with Crippen LogP contribution in [0.5, 0.6) is 0 Å². The Bertz CT molecular complexity index is 961. The van der Waals surface area contributed by atoms with Gasteiger partial charge >= 0.3 is 0 Å². The van der Waals surface area contributed by atoms with Gasteiger partial charge < -0.3 is 10.2 Å². The van der Waals surface area contributed by atoms with E-state index in [2.05, 4.69) is 29.4 Å². The lowest BCUT2D eigenvalue weighted by Crippen LogP contribution is -2.31. The summed E-state index contributed by atoms with van der Waals surface area (Å²) in [6.45, 7) is 6.25. The molecule has 0 saturated carbocycles. The summed E-state index contributed by atoms with van der Waals surface area (Å²) < 4.78 is 0. The largest absolute Gasteiger partial charge is 0.350 e. The normalized spacial score (nSPS) is 10.8. The molecule has 2 aromatic carbocycles. The molecule has 0 aliphatic carbocycles. The van der Waals surface area contributed by atoms with Crippen molar-refractivity contribution in [3.8, 4) is 0 Å². The number of amides is 1. The highest BCUT2D eigenvalue weighted by molar-refractivity contribution is 6.34. The summed E-state index contributed by atoms with van der Waals surface area (Å²) >= 11 is 6.29. The van der Waals surface area contributed by atoms with Crippen molar-refractivity contribution < 1.29 is 4.79 Å². The van der Waals surface area contributed by atoms with Gasteiger partial charge in [-0.25, -0.2) is 4.98 Å². The second-order valence-electron chi connectivity index (χ2n) is 6.67. The Morgan fingerprint density at radius 2 is 1.77 bits per heavy atom. The standard InChI is InChI=1S/C21H22ClN3O/c1-13-9-14(2)20(15(3)10-13)24-19(26)12-25(4)18-11-16-7-5-6-8-17(16)21(22)23-18/h5-11H,12H2,1-4H3,(H,24,26). The molecule has 5 heteroatoms. The predicted octanol–water partition coefficient (Wildman–Crippen LogP) is 4.89. The van der Waals surface area contributed by atoms with Crippen LogP contribution in [-0.2, 0) is 4.79 Å². The molecule has 4 nitrogen and oxygen atoms in total. The van der Waals surface area contributed by atoms with Crippen LogP contribution in [-0.4, -0.2) is 24.5 Å². The van der Waals surface area contributed by atoms with Crippen LogP contribution in [0.3, 0.4) is 0 Å². The van der Waals surface area contributed by atoms with Gasteiger partial charge in [-0.15, -0.1) is 0 Å². The van der Waals surface area contributed by atoms with E-state index in [9.17, 15) is 4.79 Å². The number of anilines is 2. The lowest BCUT2D eigenvalue weighted by molar-refractivity contribution is -0.114. The summed E-state index contributed by atoms with van der Waals surface area (Å²) in [5.74, 6) is 0.579. The number of benzene rings is 2. The molecule has 0 aliphatic heterocycles. The number of carbonyl (C=O) groups is 1. The molecular weight excluding hydrogens is 346 g/mol. The van der Waals surface area contributed by atoms with Gasteiger partial charge in [-0.05, 0) is 43.4 Å². The Morgan fingerprint density at radius 1 is 1.12 bits per heavy atom. The molecule has 0 atom stereocenters. The zero-order valence-corrected chi connectivity index (χ0v) is 16.2. The van der Waals surface area contributed by atoms with Crippen LogP contribution in [0.2, 0.25) is 5.15 Å². The highest BCUT2D eigenvalue weighted by atomic mass is 35.5. The lowest BCUT2D eigenvalue weighted by atomic mass is 10.1. The van der Waals surface area contributed by atoms with Crippen molar-refractivity contribution in [1.29, 1.82) is 0 Å². The number of fused-ring (bicyclic) bond motifs is 1. The smallest absolute Gasteiger partial charge is 0.243 e. The van der Waals surface area contributed by atoms with Crippen molar-refractivity contribution in [2.45, 2.75) is 20.8 Å². The Labute approximate surface area is 158 Å². The molecule has 1 amide bonds. The number of nitrogens with one attached hydrogen (secondary N) is 1. The molecule has 0 fully saturated rings. The molecular formula is C21H22ClN3O. The van der Waals surface area contributed by atoms with Gasteiger partial charge in [0.15, 0.2) is 0 Å². The van der Waals surface area contributed by atoms with Gasteiger partial charge in [0.05, 0.1) is 6.54 Å². The SMILES string of the molecule is Cc1cc(C)c(NC(=O)CN(C)c2cc3ccccc3c(Cl)n2)c(C)c1. The first kappa shape index (κ1) is 18.2. The minimum absolute atomic E-state index is 0.0892. The van der Waals surface area contributed by atoms with Gasteiger partial charge in [-0.1, -0.05) is 53.6 Å². The maximum Gasteiger partial charge on any atom is 0.243 e. The third-order valence-electron chi connectivity index (χ3n) is 4.39. The molecule has 1 N–H and O–H groups in total. The number of pyridine rings is 1. The van der Waals surface area contributed by atoms with E-state index in [1.54, 1.807) is 4.90 Å². The number of carbonyl (C=O) groups excluding carboxylic acids is 1. The first-order chi connectivity index (χ1) is 12.3. The molecule has 0 saturated heterocycles. The van der Waals surface area contributed by atoms with Gasteiger partial charge in [0.1, 0.15) is 11.0 Å². The second-order valence-corrected chi connectivity index (χ2v) is 7.03. The molecule has 134 valence electrons. The van der Waals surface area contributed by atoms with Crippen LogP contribution in [0.4, 0.5) is 11.5 Å². The predicted molar refractivity (Wildman–Crippen MR) is 109 cm³/mol. The molecule has 3 aromatic rings. The number of aromatic nitrogens is 1. The molecule has 1 aromatic heterocycles. The van der Waals surface area contributed by atoms with E-state index >= 15 is 0 Å². The number of hydrogen-bond donors (Lipinski definition) is 1. The zero-order valence-electron chi connectivity index (χ0n) is 15.4. The van der Waals surface area contributed by atoms with Gasteiger partial charge in [0, 0.05) is 18.1 Å². The van der Waals surface area contributed by atoms with E-state index in [-0.39, 0.29) is 12.5 Å². The highest BCUT2D eigenvalue weighted by Gasteiger charge is 2.13. The second kappa shape index (κ2) is 7.34. The molecule has 26 heavy (non-hydrogen) atoms. The van der Waals surface area contributed by atoms with E-state index in [0.29, 0.717) is 11.0 Å². The van der Waals surface area contributed by atoms with E-state index < -0.39 is 0 Å². The van der Waals surface area contributed by atoms with E-state index in [4.69, 9.17) is 11.6 Å². The van der Waals surface area contributed by atoms with Crippen LogP contribution < -0.4 is 10.2 Å². The Balaban J connectivity index is 1.78. The number of halogens is 1. The molecule has 0 bridgehead atoms. The quantitative estimate of drug-likeness (QED) is 0.668. The third-order valence-corrected chi connectivity index (χ3v) is 4.68. The topological polar surface area (TPSA) is 45.2 Å². The number of hydrogen-bond acceptors (Lipinski definition) is 3. The summed E-state index contributed by atoms with van der Waals surface area (Å²) in [5, 5.41) is 5.36. The van der Waals surface area contributed by atoms with Crippen molar-refractivity contribution in [3.63, 3.8) is 0 Å². The fourth-order valence-electron chi connectivity index (χ4n) is 3.19. The minimum Gasteiger partial charge on any atom is -0.350 e. The molecule has 1 heterocycles. The highest BCUT2D eigenvalue weighted by Crippen LogP contribution is 2.26. The monoisotopic (exact) mass is 367 g/mol. The van der Waals surface area contributed by atoms with Gasteiger partial charge in [-0.3, -0.25) is 4.79 Å². The van der Waals surface area contributed by atoms with Gasteiger partial charge in [0.25, 0.3) is 0 Å². The van der Waals surface area contributed by atoms with Crippen LogP contribution in [0.15, 0.2) is 42.5 Å². The van der Waals surface area contributed by atoms with Crippen molar-refractivity contribution in [2.24, 2.45) is 0 Å². The Hall–Kier alpha value is -2.59. The van der Waals surface area contributed by atoms with Gasteiger partial charge in [-0.2, -0.15) is 0 Å². The maximum absolute atomic E-state index is 12.5.